The minimum absolute atomic E-state index is 0.707. The van der Waals surface area contributed by atoms with Crippen molar-refractivity contribution in [2.75, 3.05) is 44.7 Å². The van der Waals surface area contributed by atoms with Crippen LogP contribution in [0.4, 0.5) is 5.82 Å². The molecule has 0 radical (unpaired) electrons. The van der Waals surface area contributed by atoms with Crippen LogP contribution in [-0.2, 0) is 6.42 Å². The molecule has 144 valence electrons. The molecule has 0 bridgehead atoms. The van der Waals surface area contributed by atoms with Gasteiger partial charge in [0.15, 0.2) is 0 Å². The number of piperazine rings is 1. The summed E-state index contributed by atoms with van der Waals surface area (Å²) in [5, 5.41) is 0. The van der Waals surface area contributed by atoms with Crippen LogP contribution in [0.2, 0.25) is 0 Å². The third kappa shape index (κ3) is 4.44. The molecule has 4 nitrogen and oxygen atoms in total. The first-order chi connectivity index (χ1) is 13.3. The van der Waals surface area contributed by atoms with E-state index in [9.17, 15) is 0 Å². The van der Waals surface area contributed by atoms with E-state index in [0.717, 1.165) is 37.7 Å². The molecule has 0 amide bonds. The van der Waals surface area contributed by atoms with Crippen LogP contribution in [0.3, 0.4) is 0 Å². The number of aryl methyl sites for hydroxylation is 1. The zero-order valence-electron chi connectivity index (χ0n) is 16.4. The zero-order valence-corrected chi connectivity index (χ0v) is 16.4. The lowest BCUT2D eigenvalue weighted by Crippen LogP contribution is -2.46. The summed E-state index contributed by atoms with van der Waals surface area (Å²) in [7, 11) is 1.77. The van der Waals surface area contributed by atoms with Gasteiger partial charge in [-0.3, -0.25) is 4.90 Å². The van der Waals surface area contributed by atoms with Gasteiger partial charge in [-0.1, -0.05) is 12.1 Å². The topological polar surface area (TPSA) is 28.6 Å². The Morgan fingerprint density at radius 2 is 2.00 bits per heavy atom. The molecule has 1 aromatic carbocycles. The highest BCUT2D eigenvalue weighted by Crippen LogP contribution is 2.36. The molecule has 1 atom stereocenters. The minimum atomic E-state index is 0.707. The summed E-state index contributed by atoms with van der Waals surface area (Å²) in [6, 6.07) is 12.8. The Morgan fingerprint density at radius 3 is 2.78 bits per heavy atom. The molecule has 4 heteroatoms. The summed E-state index contributed by atoms with van der Waals surface area (Å²) in [6.45, 7) is 5.67. The van der Waals surface area contributed by atoms with Gasteiger partial charge in [0.1, 0.15) is 11.6 Å². The smallest absolute Gasteiger partial charge is 0.128 e. The van der Waals surface area contributed by atoms with Gasteiger partial charge in [-0.2, -0.15) is 0 Å². The van der Waals surface area contributed by atoms with Crippen LogP contribution >= 0.6 is 0 Å². The van der Waals surface area contributed by atoms with Crippen molar-refractivity contribution in [1.82, 2.24) is 9.88 Å². The van der Waals surface area contributed by atoms with Crippen LogP contribution in [0.5, 0.6) is 5.75 Å². The molecule has 1 saturated heterocycles. The van der Waals surface area contributed by atoms with E-state index in [0.29, 0.717) is 5.92 Å². The molecular weight excluding hydrogens is 334 g/mol. The number of methoxy groups -OCH3 is 1. The van der Waals surface area contributed by atoms with E-state index in [4.69, 9.17) is 4.74 Å². The second kappa shape index (κ2) is 8.75. The maximum Gasteiger partial charge on any atom is 0.128 e. The van der Waals surface area contributed by atoms with Crippen LogP contribution < -0.4 is 9.64 Å². The summed E-state index contributed by atoms with van der Waals surface area (Å²) >= 11 is 0. The summed E-state index contributed by atoms with van der Waals surface area (Å²) in [5.41, 5.74) is 3.08. The lowest BCUT2D eigenvalue weighted by molar-refractivity contribution is 0.248. The Hall–Kier alpha value is -2.07. The van der Waals surface area contributed by atoms with Crippen LogP contribution in [0.15, 0.2) is 42.6 Å². The number of benzene rings is 1. The van der Waals surface area contributed by atoms with E-state index in [1.165, 1.54) is 44.2 Å². The second-order valence-electron chi connectivity index (χ2n) is 7.81. The fourth-order valence-electron chi connectivity index (χ4n) is 4.60. The summed E-state index contributed by atoms with van der Waals surface area (Å²) in [4.78, 5) is 9.51. The standard InChI is InChI=1S/C23H31N3O/c1-27-21-11-10-20-7-4-6-19(22(20)18-21)8-5-13-25-14-16-26(17-15-25)23-9-2-3-12-24-23/h2-3,9-12,18-19H,4-8,13-17H2,1H3. The van der Waals surface area contributed by atoms with Crippen molar-refractivity contribution < 1.29 is 4.74 Å². The van der Waals surface area contributed by atoms with Gasteiger partial charge in [-0.25, -0.2) is 4.98 Å². The Labute approximate surface area is 163 Å². The molecule has 0 saturated carbocycles. The first-order valence-corrected chi connectivity index (χ1v) is 10.4. The SMILES string of the molecule is COc1ccc2c(c1)C(CCCN1CCN(c3ccccn3)CC1)CCC2. The van der Waals surface area contributed by atoms with Crippen molar-refractivity contribution >= 4 is 5.82 Å². The summed E-state index contributed by atoms with van der Waals surface area (Å²) in [5.74, 6) is 2.83. The number of anilines is 1. The minimum Gasteiger partial charge on any atom is -0.497 e. The Kier molecular flexibility index (Phi) is 5.93. The normalized spacial score (nSPS) is 20.3. The largest absolute Gasteiger partial charge is 0.497 e. The van der Waals surface area contributed by atoms with Gasteiger partial charge in [-0.05, 0) is 80.0 Å². The number of rotatable bonds is 6. The highest BCUT2D eigenvalue weighted by atomic mass is 16.5. The number of hydrogen-bond donors (Lipinski definition) is 0. The van der Waals surface area contributed by atoms with E-state index in [1.807, 2.05) is 12.3 Å². The van der Waals surface area contributed by atoms with Crippen molar-refractivity contribution in [3.8, 4) is 5.75 Å². The van der Waals surface area contributed by atoms with Crippen LogP contribution in [0.1, 0.15) is 42.7 Å². The maximum atomic E-state index is 5.46. The molecule has 1 fully saturated rings. The van der Waals surface area contributed by atoms with E-state index in [1.54, 1.807) is 12.7 Å². The molecule has 1 aromatic heterocycles. The average Bonchev–Trinajstić information content (AvgIpc) is 2.74. The predicted octanol–water partition coefficient (Wildman–Crippen LogP) is 4.11. The second-order valence-corrected chi connectivity index (χ2v) is 7.81. The third-order valence-corrected chi connectivity index (χ3v) is 6.16. The molecule has 4 rings (SSSR count). The van der Waals surface area contributed by atoms with Gasteiger partial charge >= 0.3 is 0 Å². The van der Waals surface area contributed by atoms with E-state index >= 15 is 0 Å². The van der Waals surface area contributed by atoms with Gasteiger partial charge in [-0.15, -0.1) is 0 Å². The molecule has 1 aliphatic heterocycles. The number of ether oxygens (including phenoxy) is 1. The van der Waals surface area contributed by atoms with Gasteiger partial charge in [0.2, 0.25) is 0 Å². The molecule has 2 aromatic rings. The van der Waals surface area contributed by atoms with Gasteiger partial charge < -0.3 is 9.64 Å². The Morgan fingerprint density at radius 1 is 1.11 bits per heavy atom. The van der Waals surface area contributed by atoms with Crippen molar-refractivity contribution in [1.29, 1.82) is 0 Å². The highest BCUT2D eigenvalue weighted by molar-refractivity contribution is 5.40. The lowest BCUT2D eigenvalue weighted by atomic mass is 9.80. The van der Waals surface area contributed by atoms with E-state index in [-0.39, 0.29) is 0 Å². The van der Waals surface area contributed by atoms with Crippen molar-refractivity contribution in [2.45, 2.75) is 38.0 Å². The van der Waals surface area contributed by atoms with E-state index < -0.39 is 0 Å². The fourth-order valence-corrected chi connectivity index (χ4v) is 4.60. The summed E-state index contributed by atoms with van der Waals surface area (Å²) in [6.07, 6.45) is 8.34. The van der Waals surface area contributed by atoms with Gasteiger partial charge in [0.05, 0.1) is 7.11 Å². The summed E-state index contributed by atoms with van der Waals surface area (Å²) < 4.78 is 5.46. The van der Waals surface area contributed by atoms with E-state index in [2.05, 4.69) is 45.1 Å². The number of pyridine rings is 1. The number of aromatic nitrogens is 1. The zero-order chi connectivity index (χ0) is 18.5. The molecule has 2 heterocycles. The first-order valence-electron chi connectivity index (χ1n) is 10.4. The maximum absolute atomic E-state index is 5.46. The third-order valence-electron chi connectivity index (χ3n) is 6.16. The number of fused-ring (bicyclic) bond motifs is 1. The Balaban J connectivity index is 1.26. The molecule has 0 spiro atoms. The number of nitrogens with zero attached hydrogens (tertiary/aromatic N) is 3. The monoisotopic (exact) mass is 365 g/mol. The van der Waals surface area contributed by atoms with Crippen LogP contribution in [0.25, 0.3) is 0 Å². The van der Waals surface area contributed by atoms with Crippen molar-refractivity contribution in [3.05, 3.63) is 53.7 Å². The van der Waals surface area contributed by atoms with Crippen LogP contribution in [0, 0.1) is 0 Å². The lowest BCUT2D eigenvalue weighted by Gasteiger charge is -2.35. The molecule has 27 heavy (non-hydrogen) atoms. The first kappa shape index (κ1) is 18.3. The van der Waals surface area contributed by atoms with Crippen molar-refractivity contribution in [2.24, 2.45) is 0 Å². The quantitative estimate of drug-likeness (QED) is 0.770. The van der Waals surface area contributed by atoms with Gasteiger partial charge in [0, 0.05) is 32.4 Å². The van der Waals surface area contributed by atoms with Crippen LogP contribution in [-0.4, -0.2) is 49.7 Å². The Bertz CT molecular complexity index is 726. The molecule has 2 aliphatic rings. The van der Waals surface area contributed by atoms with Crippen molar-refractivity contribution in [3.63, 3.8) is 0 Å². The highest BCUT2D eigenvalue weighted by Gasteiger charge is 2.22. The average molecular weight is 366 g/mol. The fraction of sp³-hybridized carbons (Fsp3) is 0.522. The molecule has 0 N–H and O–H groups in total. The molecular formula is C23H31N3O. The predicted molar refractivity (Wildman–Crippen MR) is 111 cm³/mol. The molecule has 1 aliphatic carbocycles. The number of hydrogen-bond acceptors (Lipinski definition) is 4. The van der Waals surface area contributed by atoms with Gasteiger partial charge in [0.25, 0.3) is 0 Å². The molecule has 1 unspecified atom stereocenters.